The molecule has 1 aromatic heterocycles. The van der Waals surface area contributed by atoms with E-state index in [0.717, 1.165) is 42.6 Å². The summed E-state index contributed by atoms with van der Waals surface area (Å²) in [5.74, 6) is 0.201. The molecule has 19 heavy (non-hydrogen) atoms. The van der Waals surface area contributed by atoms with Gasteiger partial charge in [-0.05, 0) is 44.7 Å². The van der Waals surface area contributed by atoms with Gasteiger partial charge in [0.05, 0.1) is 5.56 Å². The standard InChI is InChI=1S/C16H17NO2/c1-11-15(18)13-9-5-6-10-14(13)17(16(11)19)12-7-3-2-4-8-12/h2-4,7-8,18H,5-6,9-10H2,1H3. The molecule has 0 saturated heterocycles. The van der Waals surface area contributed by atoms with Crippen LogP contribution < -0.4 is 5.56 Å². The minimum Gasteiger partial charge on any atom is -0.507 e. The van der Waals surface area contributed by atoms with Crippen molar-refractivity contribution in [2.75, 3.05) is 0 Å². The predicted molar refractivity (Wildman–Crippen MR) is 75.1 cm³/mol. The number of benzene rings is 1. The molecule has 0 fully saturated rings. The third-order valence-corrected chi connectivity index (χ3v) is 3.89. The van der Waals surface area contributed by atoms with E-state index in [1.165, 1.54) is 0 Å². The number of rotatable bonds is 1. The number of para-hydroxylation sites is 1. The first kappa shape index (κ1) is 12.0. The highest BCUT2D eigenvalue weighted by atomic mass is 16.3. The number of aromatic hydroxyl groups is 1. The fourth-order valence-corrected chi connectivity index (χ4v) is 2.86. The lowest BCUT2D eigenvalue weighted by molar-refractivity contribution is 0.451. The van der Waals surface area contributed by atoms with Gasteiger partial charge in [-0.3, -0.25) is 9.36 Å². The molecule has 3 heteroatoms. The zero-order valence-electron chi connectivity index (χ0n) is 11.0. The van der Waals surface area contributed by atoms with Gasteiger partial charge >= 0.3 is 0 Å². The van der Waals surface area contributed by atoms with Crippen LogP contribution in [0.25, 0.3) is 5.69 Å². The number of pyridine rings is 1. The Morgan fingerprint density at radius 2 is 1.79 bits per heavy atom. The molecule has 0 unspecified atom stereocenters. The molecule has 1 aliphatic carbocycles. The van der Waals surface area contributed by atoms with Crippen molar-refractivity contribution in [1.82, 2.24) is 4.57 Å². The lowest BCUT2D eigenvalue weighted by Crippen LogP contribution is -2.27. The van der Waals surface area contributed by atoms with E-state index in [0.29, 0.717) is 5.56 Å². The van der Waals surface area contributed by atoms with Gasteiger partial charge in [0.2, 0.25) is 0 Å². The van der Waals surface area contributed by atoms with Gasteiger partial charge in [0.15, 0.2) is 0 Å². The third kappa shape index (κ3) is 1.86. The Morgan fingerprint density at radius 3 is 2.53 bits per heavy atom. The van der Waals surface area contributed by atoms with Crippen LogP contribution in [0, 0.1) is 6.92 Å². The second-order valence-corrected chi connectivity index (χ2v) is 5.08. The summed E-state index contributed by atoms with van der Waals surface area (Å²) in [5, 5.41) is 10.2. The molecule has 0 radical (unpaired) electrons. The molecule has 0 spiro atoms. The summed E-state index contributed by atoms with van der Waals surface area (Å²) < 4.78 is 1.77. The van der Waals surface area contributed by atoms with Gasteiger partial charge in [0, 0.05) is 16.9 Å². The maximum Gasteiger partial charge on any atom is 0.261 e. The molecular weight excluding hydrogens is 238 g/mol. The smallest absolute Gasteiger partial charge is 0.261 e. The van der Waals surface area contributed by atoms with Gasteiger partial charge in [0.25, 0.3) is 5.56 Å². The molecule has 1 aromatic carbocycles. The van der Waals surface area contributed by atoms with Crippen molar-refractivity contribution < 1.29 is 5.11 Å². The van der Waals surface area contributed by atoms with Crippen LogP contribution in [-0.4, -0.2) is 9.67 Å². The van der Waals surface area contributed by atoms with Crippen LogP contribution in [0.4, 0.5) is 0 Å². The molecule has 2 aromatic rings. The quantitative estimate of drug-likeness (QED) is 0.851. The Bertz CT molecular complexity index is 671. The van der Waals surface area contributed by atoms with Crippen LogP contribution in [-0.2, 0) is 12.8 Å². The summed E-state index contributed by atoms with van der Waals surface area (Å²) in [7, 11) is 0. The number of fused-ring (bicyclic) bond motifs is 1. The van der Waals surface area contributed by atoms with Crippen LogP contribution in [0.3, 0.4) is 0 Å². The lowest BCUT2D eigenvalue weighted by atomic mass is 9.93. The van der Waals surface area contributed by atoms with E-state index in [-0.39, 0.29) is 11.3 Å². The number of nitrogens with zero attached hydrogens (tertiary/aromatic N) is 1. The Hall–Kier alpha value is -2.03. The Morgan fingerprint density at radius 1 is 1.11 bits per heavy atom. The Kier molecular flexibility index (Phi) is 2.90. The van der Waals surface area contributed by atoms with Gasteiger partial charge in [0.1, 0.15) is 5.75 Å². The molecule has 0 atom stereocenters. The molecule has 0 aliphatic heterocycles. The monoisotopic (exact) mass is 255 g/mol. The summed E-state index contributed by atoms with van der Waals surface area (Å²) >= 11 is 0. The maximum atomic E-state index is 12.5. The van der Waals surface area contributed by atoms with Crippen molar-refractivity contribution in [3.63, 3.8) is 0 Å². The average molecular weight is 255 g/mol. The Balaban J connectivity index is 2.36. The van der Waals surface area contributed by atoms with Crippen LogP contribution in [0.2, 0.25) is 0 Å². The van der Waals surface area contributed by atoms with E-state index in [1.54, 1.807) is 11.5 Å². The summed E-state index contributed by atoms with van der Waals surface area (Å²) in [6.07, 6.45) is 3.86. The fourth-order valence-electron chi connectivity index (χ4n) is 2.86. The summed E-state index contributed by atoms with van der Waals surface area (Å²) in [6, 6.07) is 9.67. The normalized spacial score (nSPS) is 14.2. The van der Waals surface area contributed by atoms with E-state index in [4.69, 9.17) is 0 Å². The van der Waals surface area contributed by atoms with Gasteiger partial charge in [-0.1, -0.05) is 18.2 Å². The zero-order valence-corrected chi connectivity index (χ0v) is 11.0. The van der Waals surface area contributed by atoms with Crippen LogP contribution in [0.1, 0.15) is 29.7 Å². The lowest BCUT2D eigenvalue weighted by Gasteiger charge is -2.23. The molecule has 1 aliphatic rings. The van der Waals surface area contributed by atoms with Crippen LogP contribution in [0.15, 0.2) is 35.1 Å². The van der Waals surface area contributed by atoms with Crippen molar-refractivity contribution in [3.8, 4) is 11.4 Å². The topological polar surface area (TPSA) is 42.2 Å². The zero-order chi connectivity index (χ0) is 13.4. The number of hydrogen-bond acceptors (Lipinski definition) is 2. The second-order valence-electron chi connectivity index (χ2n) is 5.08. The second kappa shape index (κ2) is 4.57. The number of hydrogen-bond donors (Lipinski definition) is 1. The van der Waals surface area contributed by atoms with E-state index in [1.807, 2.05) is 30.3 Å². The van der Waals surface area contributed by atoms with Crippen molar-refractivity contribution in [2.24, 2.45) is 0 Å². The molecule has 0 bridgehead atoms. The highest BCUT2D eigenvalue weighted by Crippen LogP contribution is 2.30. The van der Waals surface area contributed by atoms with Gasteiger partial charge in [-0.25, -0.2) is 0 Å². The van der Waals surface area contributed by atoms with Crippen LogP contribution >= 0.6 is 0 Å². The first-order valence-electron chi connectivity index (χ1n) is 6.72. The molecule has 3 rings (SSSR count). The minimum atomic E-state index is -0.107. The minimum absolute atomic E-state index is 0.107. The molecule has 0 amide bonds. The predicted octanol–water partition coefficient (Wildman–Crippen LogP) is 2.73. The maximum absolute atomic E-state index is 12.5. The molecule has 1 heterocycles. The molecule has 3 nitrogen and oxygen atoms in total. The number of aromatic nitrogens is 1. The van der Waals surface area contributed by atoms with Gasteiger partial charge < -0.3 is 5.11 Å². The highest BCUT2D eigenvalue weighted by Gasteiger charge is 2.22. The van der Waals surface area contributed by atoms with Crippen molar-refractivity contribution >= 4 is 0 Å². The van der Waals surface area contributed by atoms with E-state index >= 15 is 0 Å². The van der Waals surface area contributed by atoms with Gasteiger partial charge in [-0.15, -0.1) is 0 Å². The van der Waals surface area contributed by atoms with E-state index in [9.17, 15) is 9.90 Å². The van der Waals surface area contributed by atoms with Crippen molar-refractivity contribution in [1.29, 1.82) is 0 Å². The summed E-state index contributed by atoms with van der Waals surface area (Å²) in [5.41, 5.74) is 3.15. The summed E-state index contributed by atoms with van der Waals surface area (Å²) in [6.45, 7) is 1.70. The van der Waals surface area contributed by atoms with E-state index in [2.05, 4.69) is 0 Å². The SMILES string of the molecule is Cc1c(O)c2c(n(-c3ccccc3)c1=O)CCCC2. The summed E-state index contributed by atoms with van der Waals surface area (Å²) in [4.78, 5) is 12.5. The largest absolute Gasteiger partial charge is 0.507 e. The first-order chi connectivity index (χ1) is 9.20. The van der Waals surface area contributed by atoms with Crippen molar-refractivity contribution in [3.05, 3.63) is 57.5 Å². The van der Waals surface area contributed by atoms with Crippen LogP contribution in [0.5, 0.6) is 5.75 Å². The first-order valence-corrected chi connectivity index (χ1v) is 6.72. The highest BCUT2D eigenvalue weighted by molar-refractivity contribution is 5.47. The molecule has 0 saturated carbocycles. The molecule has 1 N–H and O–H groups in total. The average Bonchev–Trinajstić information content (AvgIpc) is 2.46. The Labute approximate surface area is 112 Å². The van der Waals surface area contributed by atoms with Gasteiger partial charge in [-0.2, -0.15) is 0 Å². The molecule has 98 valence electrons. The van der Waals surface area contributed by atoms with E-state index < -0.39 is 0 Å². The van der Waals surface area contributed by atoms with Crippen molar-refractivity contribution in [2.45, 2.75) is 32.6 Å². The third-order valence-electron chi connectivity index (χ3n) is 3.89. The fraction of sp³-hybridized carbons (Fsp3) is 0.312. The molecular formula is C16H17NO2.